The van der Waals surface area contributed by atoms with Crippen molar-refractivity contribution in [2.75, 3.05) is 5.73 Å². The molecule has 1 aromatic carbocycles. The lowest BCUT2D eigenvalue weighted by Gasteiger charge is -2.13. The van der Waals surface area contributed by atoms with Crippen molar-refractivity contribution in [2.45, 2.75) is 33.7 Å². The van der Waals surface area contributed by atoms with Gasteiger partial charge in [0.2, 0.25) is 0 Å². The number of thiophene rings is 1. The first-order valence-corrected chi connectivity index (χ1v) is 7.75. The van der Waals surface area contributed by atoms with Gasteiger partial charge in [0.15, 0.2) is 0 Å². The Labute approximate surface area is 127 Å². The van der Waals surface area contributed by atoms with Crippen LogP contribution in [0.4, 0.5) is 9.39 Å². The minimum absolute atomic E-state index is 0.172. The van der Waals surface area contributed by atoms with Crippen molar-refractivity contribution < 1.29 is 4.39 Å². The van der Waals surface area contributed by atoms with Gasteiger partial charge in [0, 0.05) is 10.9 Å². The molecular weight excluding hydrogens is 285 g/mol. The maximum absolute atomic E-state index is 13.6. The molecule has 0 aliphatic carbocycles. The Morgan fingerprint density at radius 3 is 2.57 bits per heavy atom. The van der Waals surface area contributed by atoms with Gasteiger partial charge >= 0.3 is 0 Å². The van der Waals surface area contributed by atoms with Crippen molar-refractivity contribution >= 4 is 27.4 Å². The molecule has 0 spiro atoms. The minimum Gasteiger partial charge on any atom is -0.390 e. The summed E-state index contributed by atoms with van der Waals surface area (Å²) in [5.41, 5.74) is 9.91. The summed E-state index contributed by atoms with van der Waals surface area (Å²) >= 11 is 1.57. The maximum atomic E-state index is 13.6. The second-order valence-corrected chi connectivity index (χ2v) is 6.81. The van der Waals surface area contributed by atoms with Crippen LogP contribution < -0.4 is 5.73 Å². The second-order valence-electron chi connectivity index (χ2n) is 5.55. The molecule has 3 nitrogen and oxygen atoms in total. The largest absolute Gasteiger partial charge is 0.390 e. The van der Waals surface area contributed by atoms with E-state index in [1.165, 1.54) is 17.0 Å². The van der Waals surface area contributed by atoms with Crippen molar-refractivity contribution in [3.8, 4) is 11.4 Å². The van der Waals surface area contributed by atoms with Gasteiger partial charge in [-0.3, -0.25) is 0 Å². The van der Waals surface area contributed by atoms with Crippen LogP contribution in [0.5, 0.6) is 0 Å². The van der Waals surface area contributed by atoms with Gasteiger partial charge in [-0.25, -0.2) is 9.37 Å². The Morgan fingerprint density at radius 1 is 1.29 bits per heavy atom. The number of imidazole rings is 1. The van der Waals surface area contributed by atoms with Gasteiger partial charge in [-0.05, 0) is 51.5 Å². The molecule has 0 atom stereocenters. The third-order valence-electron chi connectivity index (χ3n) is 3.80. The number of halogens is 1. The number of aromatic nitrogens is 2. The Balaban J connectivity index is 2.39. The number of nitrogen functional groups attached to an aromatic ring is 1. The van der Waals surface area contributed by atoms with E-state index in [0.29, 0.717) is 0 Å². The SMILES string of the molecule is Cc1sc(N)c(-c2nc3ccc(F)cc3n2C(C)C)c1C. The second kappa shape index (κ2) is 4.84. The van der Waals surface area contributed by atoms with E-state index in [0.717, 1.165) is 33.0 Å². The van der Waals surface area contributed by atoms with E-state index in [1.807, 2.05) is 0 Å². The van der Waals surface area contributed by atoms with Crippen LogP contribution in [0, 0.1) is 19.7 Å². The van der Waals surface area contributed by atoms with Crippen molar-refractivity contribution in [3.05, 3.63) is 34.5 Å². The lowest BCUT2D eigenvalue weighted by Crippen LogP contribution is -2.04. The molecule has 0 fully saturated rings. The van der Waals surface area contributed by atoms with Crippen LogP contribution in [0.3, 0.4) is 0 Å². The van der Waals surface area contributed by atoms with Gasteiger partial charge in [0.25, 0.3) is 0 Å². The maximum Gasteiger partial charge on any atom is 0.144 e. The molecule has 0 saturated carbocycles. The number of rotatable bonds is 2. The molecule has 2 heterocycles. The van der Waals surface area contributed by atoms with Gasteiger partial charge in [0.05, 0.1) is 21.6 Å². The van der Waals surface area contributed by atoms with Crippen LogP contribution in [-0.4, -0.2) is 9.55 Å². The molecule has 0 bridgehead atoms. The summed E-state index contributed by atoms with van der Waals surface area (Å²) in [5.74, 6) is 0.576. The average molecular weight is 303 g/mol. The van der Waals surface area contributed by atoms with E-state index in [9.17, 15) is 4.39 Å². The van der Waals surface area contributed by atoms with E-state index >= 15 is 0 Å². The number of hydrogen-bond donors (Lipinski definition) is 1. The van der Waals surface area contributed by atoms with E-state index in [4.69, 9.17) is 10.7 Å². The normalized spacial score (nSPS) is 11.7. The predicted octanol–water partition coefficient (Wildman–Crippen LogP) is 4.68. The van der Waals surface area contributed by atoms with Crippen molar-refractivity contribution in [3.63, 3.8) is 0 Å². The number of benzene rings is 1. The van der Waals surface area contributed by atoms with Gasteiger partial charge < -0.3 is 10.3 Å². The third kappa shape index (κ3) is 2.12. The standard InChI is InChI=1S/C16H18FN3S/c1-8(2)20-13-7-11(17)5-6-12(13)19-16(20)14-9(3)10(4)21-15(14)18/h5-8H,18H2,1-4H3. The smallest absolute Gasteiger partial charge is 0.144 e. The highest BCUT2D eigenvalue weighted by atomic mass is 32.1. The molecule has 3 rings (SSSR count). The van der Waals surface area contributed by atoms with Crippen LogP contribution in [0.2, 0.25) is 0 Å². The van der Waals surface area contributed by atoms with Gasteiger partial charge in [-0.2, -0.15) is 0 Å². The van der Waals surface area contributed by atoms with E-state index < -0.39 is 0 Å². The third-order valence-corrected chi connectivity index (χ3v) is 4.84. The number of nitrogens with two attached hydrogens (primary N) is 1. The summed E-state index contributed by atoms with van der Waals surface area (Å²) in [6, 6.07) is 4.87. The monoisotopic (exact) mass is 303 g/mol. The first-order valence-electron chi connectivity index (χ1n) is 6.93. The fourth-order valence-corrected chi connectivity index (χ4v) is 3.63. The Bertz CT molecular complexity index is 830. The van der Waals surface area contributed by atoms with Gasteiger partial charge in [-0.15, -0.1) is 11.3 Å². The van der Waals surface area contributed by atoms with Crippen LogP contribution in [-0.2, 0) is 0 Å². The van der Waals surface area contributed by atoms with Crippen molar-refractivity contribution in [1.29, 1.82) is 0 Å². The zero-order chi connectivity index (χ0) is 15.3. The number of anilines is 1. The van der Waals surface area contributed by atoms with Crippen LogP contribution in [0.25, 0.3) is 22.4 Å². The lowest BCUT2D eigenvalue weighted by atomic mass is 10.1. The first-order chi connectivity index (χ1) is 9.90. The quantitative estimate of drug-likeness (QED) is 0.746. The van der Waals surface area contributed by atoms with Gasteiger partial charge in [-0.1, -0.05) is 0 Å². The summed E-state index contributed by atoms with van der Waals surface area (Å²) in [7, 11) is 0. The number of nitrogens with zero attached hydrogens (tertiary/aromatic N) is 2. The molecule has 110 valence electrons. The highest BCUT2D eigenvalue weighted by Crippen LogP contribution is 2.39. The van der Waals surface area contributed by atoms with Crippen LogP contribution >= 0.6 is 11.3 Å². The number of aryl methyl sites for hydroxylation is 1. The topological polar surface area (TPSA) is 43.8 Å². The number of hydrogen-bond acceptors (Lipinski definition) is 3. The lowest BCUT2D eigenvalue weighted by molar-refractivity contribution is 0.613. The highest BCUT2D eigenvalue weighted by molar-refractivity contribution is 7.16. The zero-order valence-corrected chi connectivity index (χ0v) is 13.4. The molecule has 0 amide bonds. The summed E-state index contributed by atoms with van der Waals surface area (Å²) in [5, 5.41) is 0.766. The Hall–Kier alpha value is -1.88. The molecule has 2 aromatic heterocycles. The molecular formula is C16H18FN3S. The Kier molecular flexibility index (Phi) is 3.24. The first kappa shape index (κ1) is 14.1. The molecule has 21 heavy (non-hydrogen) atoms. The highest BCUT2D eigenvalue weighted by Gasteiger charge is 2.21. The molecule has 0 unspecified atom stereocenters. The summed E-state index contributed by atoms with van der Waals surface area (Å²) in [4.78, 5) is 5.89. The Morgan fingerprint density at radius 2 is 2.00 bits per heavy atom. The molecule has 5 heteroatoms. The van der Waals surface area contributed by atoms with E-state index in [1.54, 1.807) is 17.4 Å². The minimum atomic E-state index is -0.248. The molecule has 0 radical (unpaired) electrons. The molecule has 3 aromatic rings. The molecule has 2 N–H and O–H groups in total. The van der Waals surface area contributed by atoms with Crippen LogP contribution in [0.15, 0.2) is 18.2 Å². The predicted molar refractivity (Wildman–Crippen MR) is 87.3 cm³/mol. The summed E-state index contributed by atoms with van der Waals surface area (Å²) in [6.45, 7) is 8.25. The summed E-state index contributed by atoms with van der Waals surface area (Å²) in [6.07, 6.45) is 0. The fraction of sp³-hybridized carbons (Fsp3) is 0.312. The van der Waals surface area contributed by atoms with Crippen molar-refractivity contribution in [1.82, 2.24) is 9.55 Å². The van der Waals surface area contributed by atoms with Crippen molar-refractivity contribution in [2.24, 2.45) is 0 Å². The molecule has 0 aliphatic heterocycles. The van der Waals surface area contributed by atoms with Gasteiger partial charge in [0.1, 0.15) is 11.6 Å². The fourth-order valence-electron chi connectivity index (χ4n) is 2.70. The zero-order valence-electron chi connectivity index (χ0n) is 12.6. The van der Waals surface area contributed by atoms with E-state index in [2.05, 4.69) is 32.3 Å². The summed E-state index contributed by atoms with van der Waals surface area (Å²) < 4.78 is 15.6. The van der Waals surface area contributed by atoms with E-state index in [-0.39, 0.29) is 11.9 Å². The molecule has 0 saturated heterocycles. The average Bonchev–Trinajstić information content (AvgIpc) is 2.87. The van der Waals surface area contributed by atoms with Crippen LogP contribution in [0.1, 0.15) is 30.3 Å². The number of fused-ring (bicyclic) bond motifs is 1. The molecule has 0 aliphatic rings.